The summed E-state index contributed by atoms with van der Waals surface area (Å²) < 4.78 is 6.66. The van der Waals surface area contributed by atoms with Gasteiger partial charge in [-0.25, -0.2) is 0 Å². The number of carbonyl (C=O) groups is 1. The lowest BCUT2D eigenvalue weighted by molar-refractivity contribution is -0.114. The fourth-order valence-electron chi connectivity index (χ4n) is 2.22. The van der Waals surface area contributed by atoms with Crippen LogP contribution in [0.4, 0.5) is 11.4 Å². The monoisotopic (exact) mass is 396 g/mol. The Bertz CT molecular complexity index is 836. The topological polar surface area (TPSA) is 50.4 Å². The Kier molecular flexibility index (Phi) is 5.69. The number of benzene rings is 3. The molecule has 0 saturated heterocycles. The van der Waals surface area contributed by atoms with E-state index < -0.39 is 0 Å². The molecular formula is C20H17BrN2O2. The predicted molar refractivity (Wildman–Crippen MR) is 104 cm³/mol. The minimum atomic E-state index is -0.109. The largest absolute Gasteiger partial charge is 0.457 e. The first kappa shape index (κ1) is 17.0. The van der Waals surface area contributed by atoms with E-state index in [4.69, 9.17) is 4.74 Å². The van der Waals surface area contributed by atoms with E-state index in [9.17, 15) is 4.79 Å². The highest BCUT2D eigenvalue weighted by atomic mass is 79.9. The number of nitrogens with one attached hydrogen (secondary N) is 2. The zero-order chi connectivity index (χ0) is 17.5. The second-order valence-corrected chi connectivity index (χ2v) is 6.27. The van der Waals surface area contributed by atoms with E-state index in [-0.39, 0.29) is 12.5 Å². The van der Waals surface area contributed by atoms with E-state index in [0.29, 0.717) is 0 Å². The molecule has 0 aliphatic rings. The first-order valence-electron chi connectivity index (χ1n) is 7.81. The fraction of sp³-hybridized carbons (Fsp3) is 0.0500. The van der Waals surface area contributed by atoms with Crippen LogP contribution in [-0.4, -0.2) is 12.5 Å². The number of halogens is 1. The van der Waals surface area contributed by atoms with Crippen LogP contribution < -0.4 is 15.4 Å². The van der Waals surface area contributed by atoms with E-state index in [1.54, 1.807) is 0 Å². The molecule has 4 nitrogen and oxygen atoms in total. The Labute approximate surface area is 155 Å². The van der Waals surface area contributed by atoms with E-state index in [0.717, 1.165) is 27.3 Å². The Balaban J connectivity index is 1.50. The maximum absolute atomic E-state index is 12.0. The molecule has 0 aliphatic heterocycles. The molecule has 0 aliphatic carbocycles. The lowest BCUT2D eigenvalue weighted by Crippen LogP contribution is -2.21. The average Bonchev–Trinajstić information content (AvgIpc) is 2.62. The molecule has 0 heterocycles. The number of carbonyl (C=O) groups excluding carboxylic acids is 1. The Morgan fingerprint density at radius 2 is 1.56 bits per heavy atom. The van der Waals surface area contributed by atoms with Crippen LogP contribution in [0.3, 0.4) is 0 Å². The van der Waals surface area contributed by atoms with Crippen LogP contribution in [0.25, 0.3) is 0 Å². The number of ether oxygens (including phenoxy) is 1. The summed E-state index contributed by atoms with van der Waals surface area (Å²) in [6.07, 6.45) is 0. The lowest BCUT2D eigenvalue weighted by Gasteiger charge is -2.09. The highest BCUT2D eigenvalue weighted by Gasteiger charge is 2.03. The van der Waals surface area contributed by atoms with Crippen LogP contribution in [0, 0.1) is 0 Å². The lowest BCUT2D eigenvalue weighted by atomic mass is 10.3. The maximum Gasteiger partial charge on any atom is 0.243 e. The molecule has 0 atom stereocenters. The minimum Gasteiger partial charge on any atom is -0.457 e. The molecule has 0 aromatic heterocycles. The van der Waals surface area contributed by atoms with E-state index in [2.05, 4.69) is 26.6 Å². The van der Waals surface area contributed by atoms with Crippen molar-refractivity contribution in [3.8, 4) is 11.5 Å². The van der Waals surface area contributed by atoms with Crippen molar-refractivity contribution in [2.45, 2.75) is 0 Å². The molecule has 0 spiro atoms. The number of amides is 1. The van der Waals surface area contributed by atoms with Crippen molar-refractivity contribution in [2.24, 2.45) is 0 Å². The SMILES string of the molecule is O=C(CNc1ccc(Oc2ccccc2)cc1)Nc1cccc(Br)c1. The molecule has 126 valence electrons. The molecule has 3 rings (SSSR count). The summed E-state index contributed by atoms with van der Waals surface area (Å²) in [7, 11) is 0. The number of para-hydroxylation sites is 1. The van der Waals surface area contributed by atoms with Gasteiger partial charge in [0.2, 0.25) is 5.91 Å². The maximum atomic E-state index is 12.0. The molecule has 25 heavy (non-hydrogen) atoms. The van der Waals surface area contributed by atoms with Crippen LogP contribution in [0.15, 0.2) is 83.3 Å². The smallest absolute Gasteiger partial charge is 0.243 e. The van der Waals surface area contributed by atoms with Gasteiger partial charge in [0.25, 0.3) is 0 Å². The van der Waals surface area contributed by atoms with Crippen molar-refractivity contribution in [1.82, 2.24) is 0 Å². The van der Waals surface area contributed by atoms with Gasteiger partial charge in [-0.3, -0.25) is 4.79 Å². The quantitative estimate of drug-likeness (QED) is 0.594. The summed E-state index contributed by atoms with van der Waals surface area (Å²) in [5, 5.41) is 5.93. The number of hydrogen-bond acceptors (Lipinski definition) is 3. The standard InChI is InChI=1S/C20H17BrN2O2/c21-15-5-4-6-17(13-15)23-20(24)14-22-16-9-11-19(12-10-16)25-18-7-2-1-3-8-18/h1-13,22H,14H2,(H,23,24). The van der Waals surface area contributed by atoms with Gasteiger partial charge in [0.1, 0.15) is 11.5 Å². The number of hydrogen-bond donors (Lipinski definition) is 2. The van der Waals surface area contributed by atoms with Gasteiger partial charge in [0, 0.05) is 15.8 Å². The van der Waals surface area contributed by atoms with Gasteiger partial charge in [-0.05, 0) is 54.6 Å². The van der Waals surface area contributed by atoms with Crippen LogP contribution in [0.2, 0.25) is 0 Å². The average molecular weight is 397 g/mol. The molecule has 1 amide bonds. The third-order valence-corrected chi connectivity index (χ3v) is 3.89. The molecule has 0 bridgehead atoms. The van der Waals surface area contributed by atoms with Crippen molar-refractivity contribution >= 4 is 33.2 Å². The Morgan fingerprint density at radius 1 is 0.840 bits per heavy atom. The van der Waals surface area contributed by atoms with Crippen molar-refractivity contribution in [3.63, 3.8) is 0 Å². The zero-order valence-corrected chi connectivity index (χ0v) is 15.0. The summed E-state index contributed by atoms with van der Waals surface area (Å²) >= 11 is 3.38. The fourth-order valence-corrected chi connectivity index (χ4v) is 2.62. The van der Waals surface area contributed by atoms with Crippen molar-refractivity contribution < 1.29 is 9.53 Å². The van der Waals surface area contributed by atoms with Crippen LogP contribution in [0.5, 0.6) is 11.5 Å². The van der Waals surface area contributed by atoms with Gasteiger partial charge in [-0.15, -0.1) is 0 Å². The molecule has 0 fully saturated rings. The molecule has 3 aromatic carbocycles. The molecule has 5 heteroatoms. The van der Waals surface area contributed by atoms with E-state index in [1.807, 2.05) is 78.9 Å². The van der Waals surface area contributed by atoms with Crippen LogP contribution in [-0.2, 0) is 4.79 Å². The second-order valence-electron chi connectivity index (χ2n) is 5.35. The van der Waals surface area contributed by atoms with Gasteiger partial charge in [0.15, 0.2) is 0 Å². The number of rotatable bonds is 6. The van der Waals surface area contributed by atoms with Crippen molar-refractivity contribution in [1.29, 1.82) is 0 Å². The molecule has 3 aromatic rings. The van der Waals surface area contributed by atoms with Crippen molar-refractivity contribution in [3.05, 3.63) is 83.3 Å². The highest BCUT2D eigenvalue weighted by Crippen LogP contribution is 2.22. The predicted octanol–water partition coefficient (Wildman–Crippen LogP) is 5.29. The third kappa shape index (κ3) is 5.36. The minimum absolute atomic E-state index is 0.109. The Morgan fingerprint density at radius 3 is 2.28 bits per heavy atom. The summed E-state index contributed by atoms with van der Waals surface area (Å²) in [5.74, 6) is 1.43. The van der Waals surface area contributed by atoms with E-state index in [1.165, 1.54) is 0 Å². The van der Waals surface area contributed by atoms with Crippen molar-refractivity contribution in [2.75, 3.05) is 17.2 Å². The van der Waals surface area contributed by atoms with Gasteiger partial charge in [-0.2, -0.15) is 0 Å². The third-order valence-electron chi connectivity index (χ3n) is 3.39. The van der Waals surface area contributed by atoms with E-state index >= 15 is 0 Å². The molecule has 2 N–H and O–H groups in total. The summed E-state index contributed by atoms with van der Waals surface area (Å²) in [5.41, 5.74) is 1.61. The van der Waals surface area contributed by atoms with Gasteiger partial charge in [0.05, 0.1) is 6.54 Å². The van der Waals surface area contributed by atoms with Gasteiger partial charge >= 0.3 is 0 Å². The summed E-state index contributed by atoms with van der Waals surface area (Å²) in [4.78, 5) is 12.0. The molecule has 0 saturated carbocycles. The molecular weight excluding hydrogens is 380 g/mol. The highest BCUT2D eigenvalue weighted by molar-refractivity contribution is 9.10. The van der Waals surface area contributed by atoms with Crippen LogP contribution in [0.1, 0.15) is 0 Å². The Hall–Kier alpha value is -2.79. The molecule has 0 radical (unpaired) electrons. The first-order chi connectivity index (χ1) is 12.2. The van der Waals surface area contributed by atoms with Gasteiger partial charge in [-0.1, -0.05) is 40.2 Å². The second kappa shape index (κ2) is 8.35. The van der Waals surface area contributed by atoms with Gasteiger partial charge < -0.3 is 15.4 Å². The van der Waals surface area contributed by atoms with Crippen LogP contribution >= 0.6 is 15.9 Å². The summed E-state index contributed by atoms with van der Waals surface area (Å²) in [6, 6.07) is 24.6. The summed E-state index contributed by atoms with van der Waals surface area (Å²) in [6.45, 7) is 0.186. The first-order valence-corrected chi connectivity index (χ1v) is 8.60. The number of anilines is 2. The molecule has 0 unspecified atom stereocenters. The normalized spacial score (nSPS) is 10.1. The zero-order valence-electron chi connectivity index (χ0n) is 13.4.